The van der Waals surface area contributed by atoms with Gasteiger partial charge in [0.05, 0.1) is 11.5 Å². The van der Waals surface area contributed by atoms with Crippen molar-refractivity contribution in [3.8, 4) is 0 Å². The second-order valence-corrected chi connectivity index (χ2v) is 8.93. The summed E-state index contributed by atoms with van der Waals surface area (Å²) in [4.78, 5) is 8.85. The minimum atomic E-state index is -2.91. The molecule has 3 heterocycles. The van der Waals surface area contributed by atoms with E-state index in [1.54, 1.807) is 12.4 Å². The Labute approximate surface area is 139 Å². The van der Waals surface area contributed by atoms with Crippen molar-refractivity contribution in [3.63, 3.8) is 0 Å². The Bertz CT molecular complexity index is 606. The van der Waals surface area contributed by atoms with E-state index < -0.39 is 9.84 Å². The van der Waals surface area contributed by atoms with Crippen molar-refractivity contribution in [3.05, 3.63) is 30.1 Å². The number of aromatic nitrogens is 1. The summed E-state index contributed by atoms with van der Waals surface area (Å²) in [5.74, 6) is 0.643. The maximum absolute atomic E-state index is 12.2. The summed E-state index contributed by atoms with van der Waals surface area (Å²) in [7, 11) is -2.91. The molecule has 2 atom stereocenters. The van der Waals surface area contributed by atoms with Crippen LogP contribution in [0.25, 0.3) is 0 Å². The van der Waals surface area contributed by atoms with Crippen LogP contribution in [-0.2, 0) is 16.4 Å². The van der Waals surface area contributed by atoms with Gasteiger partial charge in [-0.2, -0.15) is 0 Å². The van der Waals surface area contributed by atoms with Crippen LogP contribution in [0.2, 0.25) is 0 Å². The predicted octanol–water partition coefficient (Wildman–Crippen LogP) is 1.56. The second-order valence-electron chi connectivity index (χ2n) is 6.78. The lowest BCUT2D eigenvalue weighted by molar-refractivity contribution is 0.0394. The Morgan fingerprint density at radius 2 is 1.74 bits per heavy atom. The van der Waals surface area contributed by atoms with Crippen molar-refractivity contribution in [2.75, 3.05) is 31.1 Å². The molecular weight excluding hydrogens is 310 g/mol. The number of pyridine rings is 1. The first-order chi connectivity index (χ1) is 11.1. The first kappa shape index (κ1) is 16.9. The van der Waals surface area contributed by atoms with Gasteiger partial charge in [-0.15, -0.1) is 0 Å². The molecule has 0 aromatic carbocycles. The monoisotopic (exact) mass is 337 g/mol. The fraction of sp³-hybridized carbons (Fsp3) is 0.706. The van der Waals surface area contributed by atoms with Crippen LogP contribution in [0, 0.1) is 0 Å². The fourth-order valence-corrected chi connectivity index (χ4v) is 5.90. The van der Waals surface area contributed by atoms with Crippen LogP contribution in [0.15, 0.2) is 24.5 Å². The number of unbranched alkanes of at least 4 members (excludes halogenated alkanes) is 2. The number of nitrogens with zero attached hydrogens (tertiary/aromatic N) is 3. The zero-order valence-electron chi connectivity index (χ0n) is 13.9. The molecule has 1 aromatic heterocycles. The lowest BCUT2D eigenvalue weighted by Gasteiger charge is -2.44. The first-order valence-electron chi connectivity index (χ1n) is 8.66. The van der Waals surface area contributed by atoms with Crippen LogP contribution in [-0.4, -0.2) is 66.4 Å². The maximum atomic E-state index is 12.2. The van der Waals surface area contributed by atoms with Crippen molar-refractivity contribution in [1.82, 2.24) is 14.8 Å². The van der Waals surface area contributed by atoms with Gasteiger partial charge in [-0.3, -0.25) is 14.8 Å². The highest BCUT2D eigenvalue weighted by Gasteiger charge is 2.46. The van der Waals surface area contributed by atoms with Gasteiger partial charge in [0, 0.05) is 44.1 Å². The minimum absolute atomic E-state index is 0.142. The summed E-state index contributed by atoms with van der Waals surface area (Å²) >= 11 is 0. The molecule has 5 nitrogen and oxygen atoms in total. The number of fused-ring (bicyclic) bond motifs is 1. The number of rotatable bonds is 6. The van der Waals surface area contributed by atoms with Gasteiger partial charge in [-0.05, 0) is 30.7 Å². The normalized spacial score (nSPS) is 27.9. The van der Waals surface area contributed by atoms with E-state index in [1.807, 2.05) is 12.1 Å². The van der Waals surface area contributed by atoms with Crippen molar-refractivity contribution in [2.24, 2.45) is 0 Å². The van der Waals surface area contributed by atoms with E-state index >= 15 is 0 Å². The highest BCUT2D eigenvalue weighted by atomic mass is 32.2. The first-order valence-corrected chi connectivity index (χ1v) is 10.5. The second kappa shape index (κ2) is 7.28. The molecule has 0 amide bonds. The molecule has 3 rings (SSSR count). The molecule has 0 saturated carbocycles. The third kappa shape index (κ3) is 4.11. The number of piperazine rings is 1. The van der Waals surface area contributed by atoms with E-state index in [-0.39, 0.29) is 12.1 Å². The number of hydrogen-bond acceptors (Lipinski definition) is 5. The van der Waals surface area contributed by atoms with Gasteiger partial charge >= 0.3 is 0 Å². The van der Waals surface area contributed by atoms with Gasteiger partial charge in [-0.25, -0.2) is 8.42 Å². The minimum Gasteiger partial charge on any atom is -0.297 e. The largest absolute Gasteiger partial charge is 0.297 e. The smallest absolute Gasteiger partial charge is 0.153 e. The maximum Gasteiger partial charge on any atom is 0.153 e. The Balaban J connectivity index is 1.70. The predicted molar refractivity (Wildman–Crippen MR) is 92.0 cm³/mol. The molecule has 2 aliphatic rings. The number of sulfone groups is 1. The van der Waals surface area contributed by atoms with Crippen molar-refractivity contribution < 1.29 is 8.42 Å². The zero-order chi connectivity index (χ0) is 16.3. The van der Waals surface area contributed by atoms with Crippen LogP contribution in [0.3, 0.4) is 0 Å². The molecule has 128 valence electrons. The average molecular weight is 337 g/mol. The van der Waals surface area contributed by atoms with Crippen molar-refractivity contribution in [2.45, 2.75) is 44.8 Å². The van der Waals surface area contributed by atoms with Gasteiger partial charge in [0.2, 0.25) is 0 Å². The van der Waals surface area contributed by atoms with Crippen molar-refractivity contribution >= 4 is 9.84 Å². The molecule has 0 N–H and O–H groups in total. The van der Waals surface area contributed by atoms with Crippen LogP contribution in [0.5, 0.6) is 0 Å². The lowest BCUT2D eigenvalue weighted by atomic mass is 10.0. The van der Waals surface area contributed by atoms with Crippen molar-refractivity contribution in [1.29, 1.82) is 0 Å². The molecule has 0 unspecified atom stereocenters. The SMILES string of the molecule is CCCCCN1CCN(Cc2ccncc2)[C@@H]2CS(=O)(=O)C[C@@H]21. The molecule has 6 heteroatoms. The zero-order valence-corrected chi connectivity index (χ0v) is 14.7. The summed E-state index contributed by atoms with van der Waals surface area (Å²) in [5.41, 5.74) is 1.21. The molecule has 23 heavy (non-hydrogen) atoms. The molecule has 2 fully saturated rings. The Morgan fingerprint density at radius 1 is 1.09 bits per heavy atom. The summed E-state index contributed by atoms with van der Waals surface area (Å²) in [6.45, 7) is 5.99. The average Bonchev–Trinajstić information content (AvgIpc) is 2.86. The summed E-state index contributed by atoms with van der Waals surface area (Å²) in [5, 5.41) is 0. The molecule has 0 spiro atoms. The number of hydrogen-bond donors (Lipinski definition) is 0. The fourth-order valence-electron chi connectivity index (χ4n) is 3.86. The van der Waals surface area contributed by atoms with Gasteiger partial charge in [0.1, 0.15) is 0 Å². The molecule has 0 bridgehead atoms. The third-order valence-electron chi connectivity index (χ3n) is 5.09. The Hall–Kier alpha value is -0.980. The highest BCUT2D eigenvalue weighted by molar-refractivity contribution is 7.91. The van der Waals surface area contributed by atoms with Gasteiger partial charge in [0.15, 0.2) is 9.84 Å². The molecule has 2 aliphatic heterocycles. The van der Waals surface area contributed by atoms with Crippen LogP contribution in [0.4, 0.5) is 0 Å². The van der Waals surface area contributed by atoms with Gasteiger partial charge in [0.25, 0.3) is 0 Å². The van der Waals surface area contributed by atoms with Crippen LogP contribution < -0.4 is 0 Å². The Kier molecular flexibility index (Phi) is 5.34. The van der Waals surface area contributed by atoms with E-state index in [0.717, 1.165) is 26.2 Å². The summed E-state index contributed by atoms with van der Waals surface area (Å²) in [6.07, 6.45) is 7.21. The van der Waals surface area contributed by atoms with E-state index in [2.05, 4.69) is 21.7 Å². The summed E-state index contributed by atoms with van der Waals surface area (Å²) in [6, 6.07) is 4.36. The lowest BCUT2D eigenvalue weighted by Crippen LogP contribution is -2.58. The molecule has 0 aliphatic carbocycles. The van der Waals surface area contributed by atoms with E-state index in [4.69, 9.17) is 0 Å². The molecule has 1 aromatic rings. The highest BCUT2D eigenvalue weighted by Crippen LogP contribution is 2.28. The Morgan fingerprint density at radius 3 is 2.43 bits per heavy atom. The van der Waals surface area contributed by atoms with E-state index in [9.17, 15) is 8.42 Å². The van der Waals surface area contributed by atoms with Crippen LogP contribution in [0.1, 0.15) is 31.7 Å². The molecular formula is C17H27N3O2S. The topological polar surface area (TPSA) is 53.5 Å². The standard InChI is InChI=1S/C17H27N3O2S/c1-2-3-4-9-19-10-11-20(12-15-5-7-18-8-6-15)17-14-23(21,22)13-16(17)19/h5-8,16-17H,2-4,9-14H2,1H3/t16-,17+/m0/s1. The van der Waals surface area contributed by atoms with E-state index in [1.165, 1.54) is 24.8 Å². The molecule has 0 radical (unpaired) electrons. The van der Waals surface area contributed by atoms with Gasteiger partial charge in [-0.1, -0.05) is 19.8 Å². The van der Waals surface area contributed by atoms with E-state index in [0.29, 0.717) is 11.5 Å². The quantitative estimate of drug-likeness (QED) is 0.737. The summed E-state index contributed by atoms with van der Waals surface area (Å²) < 4.78 is 24.4. The molecule has 2 saturated heterocycles. The third-order valence-corrected chi connectivity index (χ3v) is 6.79. The van der Waals surface area contributed by atoms with Crippen LogP contribution >= 0.6 is 0 Å². The van der Waals surface area contributed by atoms with Gasteiger partial charge < -0.3 is 0 Å².